The number of aliphatic hydroxyl groups is 1. The van der Waals surface area contributed by atoms with Gasteiger partial charge in [-0.05, 0) is 13.3 Å². The predicted molar refractivity (Wildman–Crippen MR) is 60.2 cm³/mol. The third-order valence-corrected chi connectivity index (χ3v) is 5.01. The van der Waals surface area contributed by atoms with Crippen LogP contribution in [0.5, 0.6) is 0 Å². The Morgan fingerprint density at radius 2 is 2.31 bits per heavy atom. The fraction of sp³-hybridized carbons (Fsp3) is 0.667. The van der Waals surface area contributed by atoms with Crippen LogP contribution in [0.2, 0.25) is 5.15 Å². The van der Waals surface area contributed by atoms with Crippen LogP contribution in [0.3, 0.4) is 0 Å². The molecule has 0 aromatic carbocycles. The summed E-state index contributed by atoms with van der Waals surface area (Å²) in [5.74, 6) is 0.264. The maximum absolute atomic E-state index is 11.4. The second-order valence-electron chi connectivity index (χ2n) is 4.01. The zero-order valence-corrected chi connectivity index (χ0v) is 10.4. The molecule has 1 N–H and O–H groups in total. The van der Waals surface area contributed by atoms with Gasteiger partial charge in [0.1, 0.15) is 5.15 Å². The first-order chi connectivity index (χ1) is 7.44. The van der Waals surface area contributed by atoms with Crippen LogP contribution in [0.1, 0.15) is 23.7 Å². The number of hydrogen-bond acceptors (Lipinski definition) is 4. The van der Waals surface area contributed by atoms with Gasteiger partial charge in [-0.3, -0.25) is 0 Å². The molecule has 16 heavy (non-hydrogen) atoms. The van der Waals surface area contributed by atoms with Crippen molar-refractivity contribution in [1.29, 1.82) is 0 Å². The lowest BCUT2D eigenvalue weighted by Crippen LogP contribution is -2.12. The lowest BCUT2D eigenvalue weighted by atomic mass is 10.2. The van der Waals surface area contributed by atoms with Crippen LogP contribution < -0.4 is 0 Å². The van der Waals surface area contributed by atoms with E-state index in [9.17, 15) is 8.42 Å². The standard InChI is InChI=1S/C9H13ClN2O3S/c1-6-8(4-13)9(10)12(11-6)7-2-3-16(14,15)5-7/h7,13H,2-5H2,1H3. The van der Waals surface area contributed by atoms with Gasteiger partial charge in [-0.2, -0.15) is 5.10 Å². The van der Waals surface area contributed by atoms with E-state index in [0.717, 1.165) is 0 Å². The van der Waals surface area contributed by atoms with Gasteiger partial charge >= 0.3 is 0 Å². The second kappa shape index (κ2) is 4.01. The second-order valence-corrected chi connectivity index (χ2v) is 6.60. The summed E-state index contributed by atoms with van der Waals surface area (Å²) in [7, 11) is -2.95. The van der Waals surface area contributed by atoms with Crippen LogP contribution in [0.4, 0.5) is 0 Å². The van der Waals surface area contributed by atoms with Gasteiger partial charge in [0.25, 0.3) is 0 Å². The molecule has 7 heteroatoms. The van der Waals surface area contributed by atoms with Crippen molar-refractivity contribution in [3.05, 3.63) is 16.4 Å². The SMILES string of the molecule is Cc1nn(C2CCS(=O)(=O)C2)c(Cl)c1CO. The maximum atomic E-state index is 11.4. The highest BCUT2D eigenvalue weighted by Crippen LogP contribution is 2.29. The van der Waals surface area contributed by atoms with E-state index in [-0.39, 0.29) is 24.2 Å². The molecule has 0 saturated carbocycles. The molecular formula is C9H13ClN2O3S. The van der Waals surface area contributed by atoms with Gasteiger partial charge in [-0.15, -0.1) is 0 Å². The largest absolute Gasteiger partial charge is 0.391 e. The summed E-state index contributed by atoms with van der Waals surface area (Å²) >= 11 is 6.05. The molecule has 1 aromatic heterocycles. The van der Waals surface area contributed by atoms with E-state index in [1.54, 1.807) is 6.92 Å². The Kier molecular flexibility index (Phi) is 2.98. The Labute approximate surface area is 98.9 Å². The van der Waals surface area contributed by atoms with Gasteiger partial charge in [0.15, 0.2) is 9.84 Å². The minimum Gasteiger partial charge on any atom is -0.391 e. The number of aryl methyl sites for hydroxylation is 1. The molecule has 0 spiro atoms. The smallest absolute Gasteiger partial charge is 0.152 e. The molecule has 1 unspecified atom stereocenters. The topological polar surface area (TPSA) is 72.2 Å². The monoisotopic (exact) mass is 264 g/mol. The fourth-order valence-corrected chi connectivity index (χ4v) is 4.01. The number of halogens is 1. The van der Waals surface area contributed by atoms with Crippen LogP contribution in [0.15, 0.2) is 0 Å². The van der Waals surface area contributed by atoms with Gasteiger partial charge in [-0.1, -0.05) is 11.6 Å². The van der Waals surface area contributed by atoms with Crippen molar-refractivity contribution >= 4 is 21.4 Å². The molecule has 0 radical (unpaired) electrons. The van der Waals surface area contributed by atoms with E-state index >= 15 is 0 Å². The van der Waals surface area contributed by atoms with Crippen molar-refractivity contribution in [2.45, 2.75) is 26.0 Å². The molecule has 2 rings (SSSR count). The Morgan fingerprint density at radius 1 is 1.62 bits per heavy atom. The Balaban J connectivity index is 2.36. The van der Waals surface area contributed by atoms with E-state index in [0.29, 0.717) is 22.8 Å². The fourth-order valence-electron chi connectivity index (χ4n) is 1.94. The van der Waals surface area contributed by atoms with Crippen molar-refractivity contribution in [2.24, 2.45) is 0 Å². The molecule has 1 fully saturated rings. The van der Waals surface area contributed by atoms with Crippen LogP contribution in [-0.4, -0.2) is 34.8 Å². The highest BCUT2D eigenvalue weighted by Gasteiger charge is 2.31. The average molecular weight is 265 g/mol. The summed E-state index contributed by atoms with van der Waals surface area (Å²) in [6.07, 6.45) is 0.536. The number of aliphatic hydroxyl groups excluding tert-OH is 1. The Hall–Kier alpha value is -0.590. The quantitative estimate of drug-likeness (QED) is 0.853. The Bertz CT molecular complexity index is 509. The summed E-state index contributed by atoms with van der Waals surface area (Å²) < 4.78 is 24.2. The van der Waals surface area contributed by atoms with E-state index in [1.165, 1.54) is 4.68 Å². The highest BCUT2D eigenvalue weighted by molar-refractivity contribution is 7.91. The normalized spacial score (nSPS) is 23.8. The van der Waals surface area contributed by atoms with Crippen LogP contribution in [0.25, 0.3) is 0 Å². The lowest BCUT2D eigenvalue weighted by Gasteiger charge is -2.09. The minimum atomic E-state index is -2.95. The zero-order chi connectivity index (χ0) is 11.9. The molecule has 1 atom stereocenters. The summed E-state index contributed by atoms with van der Waals surface area (Å²) in [5.41, 5.74) is 1.22. The molecule has 0 bridgehead atoms. The molecule has 0 amide bonds. The Morgan fingerprint density at radius 3 is 2.75 bits per heavy atom. The van der Waals surface area contributed by atoms with Crippen molar-refractivity contribution < 1.29 is 13.5 Å². The average Bonchev–Trinajstić information content (AvgIpc) is 2.68. The predicted octanol–water partition coefficient (Wildman–Crippen LogP) is 0.697. The van der Waals surface area contributed by atoms with Crippen molar-refractivity contribution in [2.75, 3.05) is 11.5 Å². The van der Waals surface area contributed by atoms with Gasteiger partial charge in [0, 0.05) is 5.56 Å². The van der Waals surface area contributed by atoms with Gasteiger partial charge < -0.3 is 5.11 Å². The number of nitrogens with zero attached hydrogens (tertiary/aromatic N) is 2. The molecule has 5 nitrogen and oxygen atoms in total. The third-order valence-electron chi connectivity index (χ3n) is 2.86. The van der Waals surface area contributed by atoms with E-state index in [2.05, 4.69) is 5.10 Å². The summed E-state index contributed by atoms with van der Waals surface area (Å²) in [5, 5.41) is 13.6. The summed E-state index contributed by atoms with van der Waals surface area (Å²) in [4.78, 5) is 0. The molecule has 2 heterocycles. The number of hydrogen-bond donors (Lipinski definition) is 1. The molecular weight excluding hydrogens is 252 g/mol. The van der Waals surface area contributed by atoms with Gasteiger partial charge in [-0.25, -0.2) is 13.1 Å². The molecule has 90 valence electrons. The first kappa shape index (κ1) is 11.9. The summed E-state index contributed by atoms with van der Waals surface area (Å²) in [6, 6.07) is -0.198. The molecule has 1 aliphatic heterocycles. The number of sulfone groups is 1. The first-order valence-corrected chi connectivity index (χ1v) is 7.19. The van der Waals surface area contributed by atoms with Gasteiger partial charge in [0.05, 0.1) is 29.8 Å². The maximum Gasteiger partial charge on any atom is 0.152 e. The zero-order valence-electron chi connectivity index (χ0n) is 8.85. The van der Waals surface area contributed by atoms with Crippen LogP contribution in [-0.2, 0) is 16.4 Å². The van der Waals surface area contributed by atoms with Crippen molar-refractivity contribution in [3.63, 3.8) is 0 Å². The van der Waals surface area contributed by atoms with E-state index in [1.807, 2.05) is 0 Å². The van der Waals surface area contributed by atoms with Gasteiger partial charge in [0.2, 0.25) is 0 Å². The van der Waals surface area contributed by atoms with Crippen molar-refractivity contribution in [1.82, 2.24) is 9.78 Å². The van der Waals surface area contributed by atoms with Crippen LogP contribution in [0, 0.1) is 6.92 Å². The number of rotatable bonds is 2. The molecule has 1 aliphatic rings. The van der Waals surface area contributed by atoms with Crippen LogP contribution >= 0.6 is 11.6 Å². The van der Waals surface area contributed by atoms with Crippen molar-refractivity contribution in [3.8, 4) is 0 Å². The minimum absolute atomic E-state index is 0.0821. The summed E-state index contributed by atoms with van der Waals surface area (Å²) in [6.45, 7) is 1.57. The highest BCUT2D eigenvalue weighted by atomic mass is 35.5. The molecule has 0 aliphatic carbocycles. The molecule has 1 saturated heterocycles. The first-order valence-electron chi connectivity index (χ1n) is 4.99. The number of aromatic nitrogens is 2. The lowest BCUT2D eigenvalue weighted by molar-refractivity contribution is 0.281. The molecule has 1 aromatic rings. The van der Waals surface area contributed by atoms with E-state index < -0.39 is 9.84 Å². The van der Waals surface area contributed by atoms with E-state index in [4.69, 9.17) is 16.7 Å². The third kappa shape index (κ3) is 1.97.